The lowest BCUT2D eigenvalue weighted by Gasteiger charge is -1.99. The first-order valence-corrected chi connectivity index (χ1v) is 4.56. The first-order chi connectivity index (χ1) is 6.59. The minimum absolute atomic E-state index is 0.0812. The van der Waals surface area contributed by atoms with Crippen LogP contribution in [0.1, 0.15) is 28.8 Å². The Morgan fingerprint density at radius 3 is 2.71 bits per heavy atom. The highest BCUT2D eigenvalue weighted by Crippen LogP contribution is 2.13. The van der Waals surface area contributed by atoms with E-state index >= 15 is 0 Å². The molecule has 0 N–H and O–H groups in total. The summed E-state index contributed by atoms with van der Waals surface area (Å²) in [5.41, 5.74) is 2.78. The second kappa shape index (κ2) is 2.94. The lowest BCUT2D eigenvalue weighted by Crippen LogP contribution is -1.96. The standard InChI is InChI=1S/C11H12N2O/c1-7-11-5-4-10(8(2)14)6-13(11)9(3)12-7/h4-6H,1-3H3. The molecule has 0 aliphatic heterocycles. The van der Waals surface area contributed by atoms with Crippen LogP contribution in [0.3, 0.4) is 0 Å². The normalized spacial score (nSPS) is 10.8. The van der Waals surface area contributed by atoms with Crippen molar-refractivity contribution in [1.29, 1.82) is 0 Å². The maximum atomic E-state index is 11.2. The van der Waals surface area contributed by atoms with Crippen LogP contribution < -0.4 is 0 Å². The second-order valence-electron chi connectivity index (χ2n) is 3.47. The van der Waals surface area contributed by atoms with Gasteiger partial charge < -0.3 is 4.40 Å². The minimum atomic E-state index is 0.0812. The van der Waals surface area contributed by atoms with E-state index in [-0.39, 0.29) is 5.78 Å². The van der Waals surface area contributed by atoms with Gasteiger partial charge in [-0.1, -0.05) is 0 Å². The average molecular weight is 188 g/mol. The molecule has 2 aromatic heterocycles. The van der Waals surface area contributed by atoms with Crippen LogP contribution in [-0.2, 0) is 0 Å². The maximum Gasteiger partial charge on any atom is 0.161 e. The molecule has 3 heteroatoms. The van der Waals surface area contributed by atoms with E-state index in [0.29, 0.717) is 0 Å². The molecule has 0 radical (unpaired) electrons. The molecular weight excluding hydrogens is 176 g/mol. The summed E-state index contributed by atoms with van der Waals surface area (Å²) in [6.07, 6.45) is 1.84. The van der Waals surface area contributed by atoms with E-state index in [0.717, 1.165) is 22.6 Å². The van der Waals surface area contributed by atoms with Crippen LogP contribution >= 0.6 is 0 Å². The highest BCUT2D eigenvalue weighted by Gasteiger charge is 2.06. The Morgan fingerprint density at radius 2 is 2.07 bits per heavy atom. The van der Waals surface area contributed by atoms with E-state index in [1.807, 2.05) is 36.6 Å². The number of hydrogen-bond donors (Lipinski definition) is 0. The molecule has 14 heavy (non-hydrogen) atoms. The predicted octanol–water partition coefficient (Wildman–Crippen LogP) is 2.15. The van der Waals surface area contributed by atoms with Gasteiger partial charge in [0.2, 0.25) is 0 Å². The molecule has 3 nitrogen and oxygen atoms in total. The summed E-state index contributed by atoms with van der Waals surface area (Å²) in [6.45, 7) is 5.47. The molecule has 0 aliphatic rings. The maximum absolute atomic E-state index is 11.2. The number of carbonyl (C=O) groups excluding carboxylic acids is 1. The smallest absolute Gasteiger partial charge is 0.161 e. The van der Waals surface area contributed by atoms with Gasteiger partial charge in [-0.2, -0.15) is 0 Å². The Kier molecular flexibility index (Phi) is 1.88. The topological polar surface area (TPSA) is 34.4 Å². The van der Waals surface area contributed by atoms with Gasteiger partial charge in [0.1, 0.15) is 5.82 Å². The van der Waals surface area contributed by atoms with Crippen molar-refractivity contribution in [3.8, 4) is 0 Å². The fourth-order valence-electron chi connectivity index (χ4n) is 1.63. The third-order valence-corrected chi connectivity index (χ3v) is 2.40. The average Bonchev–Trinajstić information content (AvgIpc) is 2.42. The summed E-state index contributed by atoms with van der Waals surface area (Å²) >= 11 is 0. The van der Waals surface area contributed by atoms with Gasteiger partial charge in [-0.05, 0) is 32.9 Å². The van der Waals surface area contributed by atoms with Crippen LogP contribution in [0.4, 0.5) is 0 Å². The number of imidazole rings is 1. The van der Waals surface area contributed by atoms with E-state index in [1.165, 1.54) is 0 Å². The summed E-state index contributed by atoms with van der Waals surface area (Å²) in [5.74, 6) is 0.998. The number of nitrogens with zero attached hydrogens (tertiary/aromatic N) is 2. The Hall–Kier alpha value is -1.64. The monoisotopic (exact) mass is 188 g/mol. The molecule has 0 fully saturated rings. The first kappa shape index (κ1) is 8.94. The molecule has 72 valence electrons. The molecule has 0 unspecified atom stereocenters. The van der Waals surface area contributed by atoms with Gasteiger partial charge in [-0.25, -0.2) is 4.98 Å². The summed E-state index contributed by atoms with van der Waals surface area (Å²) in [7, 11) is 0. The molecule has 0 bridgehead atoms. The van der Waals surface area contributed by atoms with Gasteiger partial charge in [-0.15, -0.1) is 0 Å². The third-order valence-electron chi connectivity index (χ3n) is 2.40. The van der Waals surface area contributed by atoms with Gasteiger partial charge in [0, 0.05) is 11.8 Å². The van der Waals surface area contributed by atoms with Gasteiger partial charge in [0.15, 0.2) is 5.78 Å². The van der Waals surface area contributed by atoms with E-state index in [4.69, 9.17) is 0 Å². The molecule has 0 saturated heterocycles. The summed E-state index contributed by atoms with van der Waals surface area (Å²) < 4.78 is 1.95. The molecule has 0 aliphatic carbocycles. The highest BCUT2D eigenvalue weighted by molar-refractivity contribution is 5.94. The molecule has 2 aromatic rings. The lowest BCUT2D eigenvalue weighted by atomic mass is 10.2. The van der Waals surface area contributed by atoms with Crippen molar-refractivity contribution in [2.75, 3.05) is 0 Å². The Morgan fingerprint density at radius 1 is 1.36 bits per heavy atom. The van der Waals surface area contributed by atoms with Crippen LogP contribution in [0.25, 0.3) is 5.52 Å². The van der Waals surface area contributed by atoms with Crippen molar-refractivity contribution in [1.82, 2.24) is 9.38 Å². The SMILES string of the molecule is CC(=O)c1ccc2c(C)nc(C)n2c1. The number of hydrogen-bond acceptors (Lipinski definition) is 2. The largest absolute Gasteiger partial charge is 0.303 e. The molecule has 0 amide bonds. The van der Waals surface area contributed by atoms with Crippen molar-refractivity contribution >= 4 is 11.3 Å². The minimum Gasteiger partial charge on any atom is -0.303 e. The van der Waals surface area contributed by atoms with E-state index in [9.17, 15) is 4.79 Å². The van der Waals surface area contributed by atoms with Crippen LogP contribution in [-0.4, -0.2) is 15.2 Å². The number of fused-ring (bicyclic) bond motifs is 1. The van der Waals surface area contributed by atoms with Crippen LogP contribution in [0.2, 0.25) is 0 Å². The number of pyridine rings is 1. The number of rotatable bonds is 1. The van der Waals surface area contributed by atoms with Gasteiger partial charge >= 0.3 is 0 Å². The van der Waals surface area contributed by atoms with Gasteiger partial charge in [0.05, 0.1) is 11.2 Å². The van der Waals surface area contributed by atoms with Crippen molar-refractivity contribution in [3.05, 3.63) is 35.4 Å². The Bertz CT molecular complexity index is 511. The zero-order valence-corrected chi connectivity index (χ0v) is 8.53. The van der Waals surface area contributed by atoms with Crippen LogP contribution in [0, 0.1) is 13.8 Å². The Labute approximate surface area is 82.4 Å². The number of ketones is 1. The van der Waals surface area contributed by atoms with E-state index in [2.05, 4.69) is 4.98 Å². The molecule has 2 rings (SSSR count). The van der Waals surface area contributed by atoms with E-state index < -0.39 is 0 Å². The molecule has 0 aromatic carbocycles. The number of aromatic nitrogens is 2. The zero-order valence-electron chi connectivity index (χ0n) is 8.53. The summed E-state index contributed by atoms with van der Waals surface area (Å²) in [5, 5.41) is 0. The lowest BCUT2D eigenvalue weighted by molar-refractivity contribution is 0.101. The van der Waals surface area contributed by atoms with Crippen molar-refractivity contribution in [3.63, 3.8) is 0 Å². The fraction of sp³-hybridized carbons (Fsp3) is 0.273. The molecular formula is C11H12N2O. The number of carbonyl (C=O) groups is 1. The van der Waals surface area contributed by atoms with Crippen molar-refractivity contribution < 1.29 is 4.79 Å². The quantitative estimate of drug-likeness (QED) is 0.642. The predicted molar refractivity (Wildman–Crippen MR) is 54.7 cm³/mol. The molecule has 0 saturated carbocycles. The zero-order chi connectivity index (χ0) is 10.3. The van der Waals surface area contributed by atoms with Crippen molar-refractivity contribution in [2.24, 2.45) is 0 Å². The second-order valence-corrected chi connectivity index (χ2v) is 3.47. The molecule has 2 heterocycles. The highest BCUT2D eigenvalue weighted by atomic mass is 16.1. The van der Waals surface area contributed by atoms with Crippen molar-refractivity contribution in [2.45, 2.75) is 20.8 Å². The summed E-state index contributed by atoms with van der Waals surface area (Å²) in [6, 6.07) is 3.78. The van der Waals surface area contributed by atoms with Gasteiger partial charge in [-0.3, -0.25) is 4.79 Å². The first-order valence-electron chi connectivity index (χ1n) is 4.56. The fourth-order valence-corrected chi connectivity index (χ4v) is 1.63. The number of Topliss-reactive ketones (excluding diaryl/α,β-unsaturated/α-hetero) is 1. The Balaban J connectivity index is 2.77. The van der Waals surface area contributed by atoms with E-state index in [1.54, 1.807) is 6.92 Å². The van der Waals surface area contributed by atoms with Crippen LogP contribution in [0.5, 0.6) is 0 Å². The third kappa shape index (κ3) is 1.21. The number of aryl methyl sites for hydroxylation is 2. The van der Waals surface area contributed by atoms with Gasteiger partial charge in [0.25, 0.3) is 0 Å². The molecule has 0 spiro atoms. The molecule has 0 atom stereocenters. The summed E-state index contributed by atoms with van der Waals surface area (Å²) in [4.78, 5) is 15.5. The van der Waals surface area contributed by atoms with Crippen LogP contribution in [0.15, 0.2) is 18.3 Å².